The maximum atomic E-state index is 11.3. The number of carbonyl (C=O) groups is 1. The lowest BCUT2D eigenvalue weighted by atomic mass is 10.1. The molecule has 1 rings (SSSR count). The van der Waals surface area contributed by atoms with E-state index in [0.29, 0.717) is 12.0 Å². The average molecular weight is 228 g/mol. The number of aromatic nitrogens is 1. The van der Waals surface area contributed by atoms with Gasteiger partial charge in [-0.1, -0.05) is 6.92 Å². The van der Waals surface area contributed by atoms with Crippen LogP contribution in [-0.2, 0) is 0 Å². The second-order valence-corrected chi connectivity index (χ2v) is 3.48. The van der Waals surface area contributed by atoms with E-state index in [1.807, 2.05) is 6.92 Å². The predicted octanol–water partition coefficient (Wildman–Crippen LogP) is 2.83. The highest BCUT2D eigenvalue weighted by Crippen LogP contribution is 2.11. The quantitative estimate of drug-likeness (QED) is 0.744. The van der Waals surface area contributed by atoms with Crippen LogP contribution < -0.4 is 0 Å². The number of halogens is 1. The molecule has 0 N–H and O–H groups in total. The van der Waals surface area contributed by atoms with Gasteiger partial charge in [-0.15, -0.1) is 0 Å². The summed E-state index contributed by atoms with van der Waals surface area (Å²) < 4.78 is 0.851. The molecule has 1 aromatic heterocycles. The van der Waals surface area contributed by atoms with Gasteiger partial charge in [-0.2, -0.15) is 0 Å². The van der Waals surface area contributed by atoms with E-state index in [-0.39, 0.29) is 5.78 Å². The fraction of sp³-hybridized carbons (Fsp3) is 0.333. The van der Waals surface area contributed by atoms with Gasteiger partial charge < -0.3 is 0 Å². The van der Waals surface area contributed by atoms with Crippen LogP contribution in [0.25, 0.3) is 0 Å². The number of hydrogen-bond acceptors (Lipinski definition) is 2. The molecule has 0 fully saturated rings. The van der Waals surface area contributed by atoms with Crippen LogP contribution in [0.2, 0.25) is 0 Å². The van der Waals surface area contributed by atoms with Crippen molar-refractivity contribution in [1.82, 2.24) is 4.98 Å². The summed E-state index contributed by atoms with van der Waals surface area (Å²) in [7, 11) is 0. The fourth-order valence-electron chi connectivity index (χ4n) is 0.936. The van der Waals surface area contributed by atoms with E-state index in [4.69, 9.17) is 0 Å². The zero-order valence-corrected chi connectivity index (χ0v) is 8.47. The Labute approximate surface area is 80.1 Å². The topological polar surface area (TPSA) is 30.0 Å². The van der Waals surface area contributed by atoms with Crippen molar-refractivity contribution < 1.29 is 4.79 Å². The Morgan fingerprint density at radius 1 is 1.58 bits per heavy atom. The first-order chi connectivity index (χ1) is 5.74. The minimum atomic E-state index is 0.159. The largest absolute Gasteiger partial charge is 0.294 e. The number of pyridine rings is 1. The molecule has 0 unspecified atom stereocenters. The molecule has 0 saturated heterocycles. The normalized spacial score (nSPS) is 9.83. The Bertz CT molecular complexity index is 286. The molecule has 0 spiro atoms. The maximum Gasteiger partial charge on any atom is 0.164 e. The maximum absolute atomic E-state index is 11.3. The van der Waals surface area contributed by atoms with Gasteiger partial charge >= 0.3 is 0 Å². The van der Waals surface area contributed by atoms with Gasteiger partial charge in [0, 0.05) is 28.9 Å². The van der Waals surface area contributed by atoms with Gasteiger partial charge in [0.15, 0.2) is 5.78 Å². The molecule has 0 atom stereocenters. The Morgan fingerprint density at radius 2 is 2.33 bits per heavy atom. The van der Waals surface area contributed by atoms with Crippen LogP contribution in [0.1, 0.15) is 30.1 Å². The lowest BCUT2D eigenvalue weighted by Crippen LogP contribution is -1.98. The van der Waals surface area contributed by atoms with Gasteiger partial charge in [0.25, 0.3) is 0 Å². The number of carbonyl (C=O) groups excluding carboxylic acids is 1. The van der Waals surface area contributed by atoms with E-state index in [9.17, 15) is 4.79 Å². The lowest BCUT2D eigenvalue weighted by molar-refractivity contribution is 0.0981. The predicted molar refractivity (Wildman–Crippen MR) is 51.2 cm³/mol. The van der Waals surface area contributed by atoms with Crippen molar-refractivity contribution in [3.05, 3.63) is 28.5 Å². The Hall–Kier alpha value is -0.700. The summed E-state index contributed by atoms with van der Waals surface area (Å²) in [6.45, 7) is 1.99. The van der Waals surface area contributed by atoms with Crippen molar-refractivity contribution >= 4 is 21.7 Å². The summed E-state index contributed by atoms with van der Waals surface area (Å²) in [5.74, 6) is 0.159. The van der Waals surface area contributed by atoms with E-state index in [2.05, 4.69) is 20.9 Å². The molecule has 1 heterocycles. The summed E-state index contributed by atoms with van der Waals surface area (Å²) in [6, 6.07) is 1.80. The molecule has 0 aromatic carbocycles. The summed E-state index contributed by atoms with van der Waals surface area (Å²) in [5.41, 5.74) is 0.686. The zero-order valence-electron chi connectivity index (χ0n) is 6.88. The van der Waals surface area contributed by atoms with Crippen molar-refractivity contribution in [2.24, 2.45) is 0 Å². The molecule has 64 valence electrons. The molecule has 1 aromatic rings. The first-order valence-electron chi connectivity index (χ1n) is 3.87. The smallest absolute Gasteiger partial charge is 0.164 e. The fourth-order valence-corrected chi connectivity index (χ4v) is 1.30. The van der Waals surface area contributed by atoms with Crippen LogP contribution in [0, 0.1) is 0 Å². The van der Waals surface area contributed by atoms with Crippen LogP contribution >= 0.6 is 15.9 Å². The summed E-state index contributed by atoms with van der Waals surface area (Å²) in [4.78, 5) is 15.3. The molecule has 0 amide bonds. The second-order valence-electron chi connectivity index (χ2n) is 2.57. The van der Waals surface area contributed by atoms with E-state index in [0.717, 1.165) is 10.9 Å². The van der Waals surface area contributed by atoms with Gasteiger partial charge in [-0.05, 0) is 28.4 Å². The molecule has 0 bridgehead atoms. The van der Waals surface area contributed by atoms with E-state index in [1.54, 1.807) is 18.5 Å². The SMILES string of the molecule is CCCC(=O)c1cncc(Br)c1. The highest BCUT2D eigenvalue weighted by atomic mass is 79.9. The van der Waals surface area contributed by atoms with Crippen molar-refractivity contribution in [1.29, 1.82) is 0 Å². The number of Topliss-reactive ketones (excluding diaryl/α,β-unsaturated/α-hetero) is 1. The highest BCUT2D eigenvalue weighted by molar-refractivity contribution is 9.10. The van der Waals surface area contributed by atoms with Crippen molar-refractivity contribution in [3.8, 4) is 0 Å². The first kappa shape index (κ1) is 9.39. The molecule has 2 nitrogen and oxygen atoms in total. The minimum absolute atomic E-state index is 0.159. The summed E-state index contributed by atoms with van der Waals surface area (Å²) >= 11 is 3.27. The Kier molecular flexibility index (Phi) is 3.41. The summed E-state index contributed by atoms with van der Waals surface area (Å²) in [6.07, 6.45) is 4.74. The minimum Gasteiger partial charge on any atom is -0.294 e. The third-order valence-electron chi connectivity index (χ3n) is 1.50. The molecular weight excluding hydrogens is 218 g/mol. The van der Waals surface area contributed by atoms with Crippen LogP contribution in [0.3, 0.4) is 0 Å². The molecule has 0 aliphatic carbocycles. The van der Waals surface area contributed by atoms with E-state index < -0.39 is 0 Å². The van der Waals surface area contributed by atoms with E-state index >= 15 is 0 Å². The van der Waals surface area contributed by atoms with Gasteiger partial charge in [0.1, 0.15) is 0 Å². The Morgan fingerprint density at radius 3 is 2.92 bits per heavy atom. The van der Waals surface area contributed by atoms with Gasteiger partial charge in [-0.3, -0.25) is 9.78 Å². The van der Waals surface area contributed by atoms with Crippen molar-refractivity contribution in [2.75, 3.05) is 0 Å². The van der Waals surface area contributed by atoms with E-state index in [1.165, 1.54) is 0 Å². The summed E-state index contributed by atoms with van der Waals surface area (Å²) in [5, 5.41) is 0. The lowest BCUT2D eigenvalue weighted by Gasteiger charge is -1.97. The van der Waals surface area contributed by atoms with Crippen LogP contribution in [0.15, 0.2) is 22.9 Å². The third-order valence-corrected chi connectivity index (χ3v) is 1.94. The molecule has 0 aliphatic rings. The van der Waals surface area contributed by atoms with Crippen LogP contribution in [0.5, 0.6) is 0 Å². The number of hydrogen-bond donors (Lipinski definition) is 0. The molecule has 0 radical (unpaired) electrons. The molecular formula is C9H10BrNO. The van der Waals surface area contributed by atoms with Gasteiger partial charge in [0.05, 0.1) is 0 Å². The third kappa shape index (κ3) is 2.41. The monoisotopic (exact) mass is 227 g/mol. The molecule has 0 saturated carbocycles. The highest BCUT2D eigenvalue weighted by Gasteiger charge is 2.04. The van der Waals surface area contributed by atoms with Crippen molar-refractivity contribution in [3.63, 3.8) is 0 Å². The van der Waals surface area contributed by atoms with Gasteiger partial charge in [-0.25, -0.2) is 0 Å². The molecule has 3 heteroatoms. The Balaban J connectivity index is 2.81. The average Bonchev–Trinajstić information content (AvgIpc) is 2.05. The van der Waals surface area contributed by atoms with Crippen LogP contribution in [-0.4, -0.2) is 10.8 Å². The standard InChI is InChI=1S/C9H10BrNO/c1-2-3-9(12)7-4-8(10)6-11-5-7/h4-6H,2-3H2,1H3. The molecule has 0 aliphatic heterocycles. The molecule has 12 heavy (non-hydrogen) atoms. The number of rotatable bonds is 3. The number of nitrogens with zero attached hydrogens (tertiary/aromatic N) is 1. The number of ketones is 1. The first-order valence-corrected chi connectivity index (χ1v) is 4.67. The van der Waals surface area contributed by atoms with Crippen molar-refractivity contribution in [2.45, 2.75) is 19.8 Å². The van der Waals surface area contributed by atoms with Gasteiger partial charge in [0.2, 0.25) is 0 Å². The van der Waals surface area contributed by atoms with Crippen LogP contribution in [0.4, 0.5) is 0 Å². The second kappa shape index (κ2) is 4.36. The zero-order chi connectivity index (χ0) is 8.97.